The molecule has 1 unspecified atom stereocenters. The van der Waals surface area contributed by atoms with Gasteiger partial charge in [-0.1, -0.05) is 30.9 Å². The number of H-pyrrole nitrogens is 1. The number of hydrogen-bond acceptors (Lipinski definition) is 4. The third kappa shape index (κ3) is 3.77. The van der Waals surface area contributed by atoms with Crippen LogP contribution in [0, 0.1) is 5.92 Å². The Morgan fingerprint density at radius 3 is 2.72 bits per heavy atom. The molecule has 1 atom stereocenters. The zero-order chi connectivity index (χ0) is 20.5. The van der Waals surface area contributed by atoms with Crippen LogP contribution in [-0.4, -0.2) is 40.3 Å². The molecule has 0 spiro atoms. The zero-order valence-corrected chi connectivity index (χ0v) is 16.2. The third-order valence-corrected chi connectivity index (χ3v) is 5.74. The van der Waals surface area contributed by atoms with E-state index >= 15 is 0 Å². The lowest BCUT2D eigenvalue weighted by Crippen LogP contribution is -2.48. The van der Waals surface area contributed by atoms with Crippen molar-refractivity contribution in [2.45, 2.75) is 38.1 Å². The fourth-order valence-electron chi connectivity index (χ4n) is 4.13. The summed E-state index contributed by atoms with van der Waals surface area (Å²) < 4.78 is 0. The number of aromatic amines is 1. The molecule has 29 heavy (non-hydrogen) atoms. The Hall–Kier alpha value is -3.07. The smallest absolute Gasteiger partial charge is 0.405 e. The van der Waals surface area contributed by atoms with Gasteiger partial charge in [-0.05, 0) is 30.9 Å². The van der Waals surface area contributed by atoms with E-state index in [9.17, 15) is 19.5 Å². The Morgan fingerprint density at radius 1 is 1.24 bits per heavy atom. The van der Waals surface area contributed by atoms with Crippen LogP contribution in [0.1, 0.15) is 48.0 Å². The number of carbonyl (C=O) groups is 3. The van der Waals surface area contributed by atoms with E-state index in [-0.39, 0.29) is 5.92 Å². The van der Waals surface area contributed by atoms with Crippen LogP contribution in [0.25, 0.3) is 10.9 Å². The van der Waals surface area contributed by atoms with Crippen molar-refractivity contribution in [2.24, 2.45) is 11.0 Å². The quantitative estimate of drug-likeness (QED) is 0.522. The number of halogens is 1. The second kappa shape index (κ2) is 7.75. The number of nitrogens with zero attached hydrogens (tertiary/aromatic N) is 1. The number of anilines is 1. The predicted octanol–water partition coefficient (Wildman–Crippen LogP) is 3.05. The summed E-state index contributed by atoms with van der Waals surface area (Å²) in [6.07, 6.45) is 4.83. The van der Waals surface area contributed by atoms with E-state index in [1.807, 2.05) is 0 Å². The van der Waals surface area contributed by atoms with Crippen LogP contribution in [0.4, 0.5) is 10.5 Å². The maximum Gasteiger partial charge on any atom is 0.405 e. The van der Waals surface area contributed by atoms with Crippen molar-refractivity contribution in [1.82, 2.24) is 15.7 Å². The van der Waals surface area contributed by atoms with Crippen LogP contribution < -0.4 is 16.1 Å². The minimum absolute atomic E-state index is 0.0617. The highest BCUT2D eigenvalue weighted by Crippen LogP contribution is 2.32. The molecular formula is C19H20ClN5O4. The Kier molecular flexibility index (Phi) is 5.14. The fourth-order valence-corrected chi connectivity index (χ4v) is 4.38. The number of rotatable bonds is 4. The Bertz CT molecular complexity index is 1030. The molecule has 1 saturated carbocycles. The Morgan fingerprint density at radius 2 is 2.00 bits per heavy atom. The molecule has 1 aromatic carbocycles. The SMILES string of the molecule is O=C(O)NC(C(=O)Nc1cc2c3c(c(Cl)[nH]c3c1)C=NNC2=O)C1CCCCC1. The van der Waals surface area contributed by atoms with Crippen LogP contribution in [0.3, 0.4) is 0 Å². The molecular weight excluding hydrogens is 398 g/mol. The number of hydrazone groups is 1. The molecule has 0 radical (unpaired) electrons. The molecule has 2 heterocycles. The van der Waals surface area contributed by atoms with E-state index in [0.29, 0.717) is 32.9 Å². The van der Waals surface area contributed by atoms with Crippen molar-refractivity contribution in [2.75, 3.05) is 5.32 Å². The van der Waals surface area contributed by atoms with Crippen LogP contribution in [-0.2, 0) is 4.79 Å². The van der Waals surface area contributed by atoms with Gasteiger partial charge < -0.3 is 20.7 Å². The van der Waals surface area contributed by atoms with Gasteiger partial charge in [-0.15, -0.1) is 0 Å². The van der Waals surface area contributed by atoms with Gasteiger partial charge in [-0.2, -0.15) is 5.10 Å². The molecule has 0 bridgehead atoms. The number of carboxylic acid groups (broad SMARTS) is 1. The van der Waals surface area contributed by atoms with Crippen molar-refractivity contribution in [3.8, 4) is 0 Å². The molecule has 2 aliphatic rings. The van der Waals surface area contributed by atoms with Crippen LogP contribution in [0.15, 0.2) is 17.2 Å². The molecule has 1 fully saturated rings. The van der Waals surface area contributed by atoms with Gasteiger partial charge >= 0.3 is 6.09 Å². The summed E-state index contributed by atoms with van der Waals surface area (Å²) in [5, 5.41) is 19.1. The topological polar surface area (TPSA) is 136 Å². The Balaban J connectivity index is 1.66. The van der Waals surface area contributed by atoms with Crippen LogP contribution >= 0.6 is 11.6 Å². The third-order valence-electron chi connectivity index (χ3n) is 5.44. The number of carbonyl (C=O) groups excluding carboxylic acids is 2. The van der Waals surface area contributed by atoms with Gasteiger partial charge in [0.2, 0.25) is 5.91 Å². The first-order valence-corrected chi connectivity index (χ1v) is 9.81. The van der Waals surface area contributed by atoms with E-state index in [0.717, 1.165) is 32.1 Å². The number of hydrogen-bond donors (Lipinski definition) is 5. The lowest BCUT2D eigenvalue weighted by molar-refractivity contribution is -0.119. The lowest BCUT2D eigenvalue weighted by atomic mass is 9.83. The molecule has 2 aromatic rings. The molecule has 1 aliphatic carbocycles. The van der Waals surface area contributed by atoms with Crippen molar-refractivity contribution < 1.29 is 19.5 Å². The van der Waals surface area contributed by atoms with Gasteiger partial charge in [0.15, 0.2) is 0 Å². The van der Waals surface area contributed by atoms with E-state index in [2.05, 4.69) is 26.1 Å². The monoisotopic (exact) mass is 417 g/mol. The molecule has 4 rings (SSSR count). The highest BCUT2D eigenvalue weighted by Gasteiger charge is 2.31. The standard InChI is InChI=1S/C19H20ClN5O4/c20-16-12-8-21-25-17(26)11-6-10(7-13(23-16)14(11)12)22-18(27)15(24-19(28)29)9-4-2-1-3-5-9/h6-9,15,23-24H,1-5H2,(H,22,27)(H,25,26)(H,28,29). The van der Waals surface area contributed by atoms with E-state index < -0.39 is 23.9 Å². The van der Waals surface area contributed by atoms with E-state index in [1.165, 1.54) is 12.3 Å². The van der Waals surface area contributed by atoms with Crippen molar-refractivity contribution in [3.05, 3.63) is 28.4 Å². The molecule has 9 nitrogen and oxygen atoms in total. The molecule has 5 N–H and O–H groups in total. The van der Waals surface area contributed by atoms with Crippen molar-refractivity contribution in [3.63, 3.8) is 0 Å². The molecule has 10 heteroatoms. The summed E-state index contributed by atoms with van der Waals surface area (Å²) in [6, 6.07) is 2.34. The molecule has 152 valence electrons. The minimum Gasteiger partial charge on any atom is -0.465 e. The number of aromatic nitrogens is 1. The largest absolute Gasteiger partial charge is 0.465 e. The van der Waals surface area contributed by atoms with Crippen molar-refractivity contribution in [1.29, 1.82) is 0 Å². The summed E-state index contributed by atoms with van der Waals surface area (Å²) in [6.45, 7) is 0. The zero-order valence-electron chi connectivity index (χ0n) is 15.4. The second-order valence-corrected chi connectivity index (χ2v) is 7.69. The normalized spacial score (nSPS) is 17.5. The molecule has 0 saturated heterocycles. The Labute approximate surface area is 170 Å². The van der Waals surface area contributed by atoms with Crippen LogP contribution in [0.5, 0.6) is 0 Å². The highest BCUT2D eigenvalue weighted by atomic mass is 35.5. The summed E-state index contributed by atoms with van der Waals surface area (Å²) in [5.41, 5.74) is 4.24. The minimum atomic E-state index is -1.24. The average Bonchev–Trinajstić information content (AvgIpc) is 2.90. The summed E-state index contributed by atoms with van der Waals surface area (Å²) >= 11 is 6.21. The summed E-state index contributed by atoms with van der Waals surface area (Å²) in [4.78, 5) is 39.5. The van der Waals surface area contributed by atoms with Crippen molar-refractivity contribution >= 4 is 52.3 Å². The fraction of sp³-hybridized carbons (Fsp3) is 0.368. The number of benzene rings is 1. The van der Waals surface area contributed by atoms with Gasteiger partial charge in [0.1, 0.15) is 11.2 Å². The van der Waals surface area contributed by atoms with E-state index in [1.54, 1.807) is 6.07 Å². The summed E-state index contributed by atoms with van der Waals surface area (Å²) in [5.74, 6) is -0.938. The molecule has 3 amide bonds. The maximum atomic E-state index is 12.9. The second-order valence-electron chi connectivity index (χ2n) is 7.31. The van der Waals surface area contributed by atoms with Gasteiger partial charge in [-0.3, -0.25) is 9.59 Å². The molecule has 1 aliphatic heterocycles. The van der Waals surface area contributed by atoms with E-state index in [4.69, 9.17) is 11.6 Å². The number of amides is 3. The first-order chi connectivity index (χ1) is 13.9. The van der Waals surface area contributed by atoms with Gasteiger partial charge in [0.05, 0.1) is 17.3 Å². The first-order valence-electron chi connectivity index (χ1n) is 9.43. The van der Waals surface area contributed by atoms with Crippen LogP contribution in [0.2, 0.25) is 5.15 Å². The summed E-state index contributed by atoms with van der Waals surface area (Å²) in [7, 11) is 0. The highest BCUT2D eigenvalue weighted by molar-refractivity contribution is 6.35. The van der Waals surface area contributed by atoms with Gasteiger partial charge in [0.25, 0.3) is 5.91 Å². The maximum absolute atomic E-state index is 12.9. The van der Waals surface area contributed by atoms with Gasteiger partial charge in [-0.25, -0.2) is 10.2 Å². The first kappa shape index (κ1) is 19.3. The molecule has 1 aromatic heterocycles. The number of nitrogens with one attached hydrogen (secondary N) is 4. The predicted molar refractivity (Wildman–Crippen MR) is 109 cm³/mol. The lowest BCUT2D eigenvalue weighted by Gasteiger charge is -2.29. The van der Waals surface area contributed by atoms with Gasteiger partial charge in [0, 0.05) is 16.6 Å². The average molecular weight is 418 g/mol.